The average molecular weight is 239 g/mol. The number of carbonyl (C=O) groups is 1. The Morgan fingerprint density at radius 3 is 2.69 bits per heavy atom. The summed E-state index contributed by atoms with van der Waals surface area (Å²) in [5, 5.41) is 11.9. The number of aliphatic hydroxyl groups is 1. The zero-order valence-electron chi connectivity index (χ0n) is 9.35. The predicted octanol–water partition coefficient (Wildman–Crippen LogP) is 1.53. The molecule has 4 heteroatoms. The highest BCUT2D eigenvalue weighted by atomic mass is 32.2. The van der Waals surface area contributed by atoms with Crippen LogP contribution in [0.1, 0.15) is 16.8 Å². The third kappa shape index (κ3) is 4.24. The largest absolute Gasteiger partial charge is 0.394 e. The molecule has 0 saturated heterocycles. The van der Waals surface area contributed by atoms with Gasteiger partial charge in [-0.2, -0.15) is 11.8 Å². The normalized spacial score (nSPS) is 12.1. The predicted molar refractivity (Wildman–Crippen MR) is 67.8 cm³/mol. The molecular weight excluding hydrogens is 222 g/mol. The summed E-state index contributed by atoms with van der Waals surface area (Å²) in [6, 6.07) is 8.89. The number of hydrogen-bond donors (Lipinski definition) is 2. The second kappa shape index (κ2) is 7.30. The topological polar surface area (TPSA) is 49.3 Å². The second-order valence-electron chi connectivity index (χ2n) is 3.50. The summed E-state index contributed by atoms with van der Waals surface area (Å²) < 4.78 is 0. The van der Waals surface area contributed by atoms with E-state index in [0.717, 1.165) is 12.2 Å². The molecular formula is C12H17NO2S. The van der Waals surface area contributed by atoms with Crippen LogP contribution in [0.5, 0.6) is 0 Å². The van der Waals surface area contributed by atoms with Crippen LogP contribution < -0.4 is 5.32 Å². The maximum Gasteiger partial charge on any atom is 0.251 e. The number of amides is 1. The van der Waals surface area contributed by atoms with Gasteiger partial charge < -0.3 is 10.4 Å². The fraction of sp³-hybridized carbons (Fsp3) is 0.417. The van der Waals surface area contributed by atoms with E-state index in [9.17, 15) is 4.79 Å². The summed E-state index contributed by atoms with van der Waals surface area (Å²) in [6.45, 7) is -0.0147. The van der Waals surface area contributed by atoms with Gasteiger partial charge in [0.15, 0.2) is 0 Å². The van der Waals surface area contributed by atoms with Crippen molar-refractivity contribution in [2.75, 3.05) is 18.6 Å². The molecule has 1 aromatic rings. The van der Waals surface area contributed by atoms with Crippen molar-refractivity contribution < 1.29 is 9.90 Å². The first kappa shape index (κ1) is 13.1. The molecule has 0 heterocycles. The molecule has 0 spiro atoms. The van der Waals surface area contributed by atoms with Crippen molar-refractivity contribution in [3.63, 3.8) is 0 Å². The summed E-state index contributed by atoms with van der Waals surface area (Å²) in [7, 11) is 0. The van der Waals surface area contributed by atoms with Crippen molar-refractivity contribution in [2.24, 2.45) is 0 Å². The highest BCUT2D eigenvalue weighted by Crippen LogP contribution is 2.03. The second-order valence-corrected chi connectivity index (χ2v) is 4.49. The lowest BCUT2D eigenvalue weighted by atomic mass is 10.2. The number of rotatable bonds is 6. The summed E-state index contributed by atoms with van der Waals surface area (Å²) in [4.78, 5) is 11.7. The van der Waals surface area contributed by atoms with Gasteiger partial charge in [0.05, 0.1) is 12.6 Å². The first-order chi connectivity index (χ1) is 7.77. The zero-order chi connectivity index (χ0) is 11.8. The molecule has 0 aliphatic heterocycles. The Morgan fingerprint density at radius 1 is 1.44 bits per heavy atom. The highest BCUT2D eigenvalue weighted by Gasteiger charge is 2.11. The van der Waals surface area contributed by atoms with Gasteiger partial charge in [0, 0.05) is 5.56 Å². The molecule has 0 saturated carbocycles. The highest BCUT2D eigenvalue weighted by molar-refractivity contribution is 7.98. The van der Waals surface area contributed by atoms with E-state index in [1.54, 1.807) is 23.9 Å². The first-order valence-corrected chi connectivity index (χ1v) is 6.63. The summed E-state index contributed by atoms with van der Waals surface area (Å²) in [5.74, 6) is 0.807. The van der Waals surface area contributed by atoms with Crippen LogP contribution in [0.15, 0.2) is 30.3 Å². The number of nitrogens with one attached hydrogen (secondary N) is 1. The number of benzene rings is 1. The van der Waals surface area contributed by atoms with Crippen LogP contribution in [0.4, 0.5) is 0 Å². The van der Waals surface area contributed by atoms with E-state index in [2.05, 4.69) is 5.32 Å². The molecule has 1 atom stereocenters. The fourth-order valence-corrected chi connectivity index (χ4v) is 1.85. The SMILES string of the molecule is CSCC[C@@H](CO)NC(=O)c1ccccc1. The molecule has 1 aromatic carbocycles. The van der Waals surface area contributed by atoms with E-state index in [4.69, 9.17) is 5.11 Å². The van der Waals surface area contributed by atoms with E-state index >= 15 is 0 Å². The molecule has 0 unspecified atom stereocenters. The molecule has 0 aliphatic rings. The van der Waals surface area contributed by atoms with Gasteiger partial charge in [-0.1, -0.05) is 18.2 Å². The Bertz CT molecular complexity index is 316. The van der Waals surface area contributed by atoms with Gasteiger partial charge in [0.2, 0.25) is 0 Å². The molecule has 1 rings (SSSR count). The van der Waals surface area contributed by atoms with Gasteiger partial charge in [-0.25, -0.2) is 0 Å². The summed E-state index contributed by atoms with van der Waals surface area (Å²) in [6.07, 6.45) is 2.80. The smallest absolute Gasteiger partial charge is 0.251 e. The molecule has 88 valence electrons. The lowest BCUT2D eigenvalue weighted by Crippen LogP contribution is -2.37. The molecule has 0 radical (unpaired) electrons. The van der Waals surface area contributed by atoms with E-state index in [1.165, 1.54) is 0 Å². The van der Waals surface area contributed by atoms with Crippen molar-refractivity contribution in [3.05, 3.63) is 35.9 Å². The van der Waals surface area contributed by atoms with Gasteiger partial charge in [-0.3, -0.25) is 4.79 Å². The van der Waals surface area contributed by atoms with E-state index in [0.29, 0.717) is 5.56 Å². The Morgan fingerprint density at radius 2 is 2.12 bits per heavy atom. The van der Waals surface area contributed by atoms with Crippen LogP contribution in [0.3, 0.4) is 0 Å². The quantitative estimate of drug-likeness (QED) is 0.791. The maximum absolute atomic E-state index is 11.7. The van der Waals surface area contributed by atoms with Crippen molar-refractivity contribution in [1.82, 2.24) is 5.32 Å². The fourth-order valence-electron chi connectivity index (χ4n) is 1.33. The summed E-state index contributed by atoms with van der Waals surface area (Å²) in [5.41, 5.74) is 0.630. The number of carbonyl (C=O) groups excluding carboxylic acids is 1. The molecule has 16 heavy (non-hydrogen) atoms. The molecule has 1 amide bonds. The number of thioether (sulfide) groups is 1. The van der Waals surface area contributed by atoms with Crippen LogP contribution in [-0.4, -0.2) is 35.7 Å². The van der Waals surface area contributed by atoms with Gasteiger partial charge >= 0.3 is 0 Å². The molecule has 3 nitrogen and oxygen atoms in total. The Balaban J connectivity index is 2.49. The average Bonchev–Trinajstić information content (AvgIpc) is 2.35. The van der Waals surface area contributed by atoms with Crippen LogP contribution in [0.25, 0.3) is 0 Å². The van der Waals surface area contributed by atoms with Gasteiger partial charge in [-0.05, 0) is 30.6 Å². The molecule has 0 aromatic heterocycles. The minimum absolute atomic E-state index is 0.0147. The number of aliphatic hydroxyl groups excluding tert-OH is 1. The van der Waals surface area contributed by atoms with Crippen LogP contribution >= 0.6 is 11.8 Å². The minimum Gasteiger partial charge on any atom is -0.394 e. The Hall–Kier alpha value is -1.00. The van der Waals surface area contributed by atoms with Crippen LogP contribution in [0, 0.1) is 0 Å². The lowest BCUT2D eigenvalue weighted by molar-refractivity contribution is 0.0915. The monoisotopic (exact) mass is 239 g/mol. The minimum atomic E-state index is -0.153. The first-order valence-electron chi connectivity index (χ1n) is 5.23. The standard InChI is InChI=1S/C12H17NO2S/c1-16-8-7-11(9-14)13-12(15)10-5-3-2-4-6-10/h2-6,11,14H,7-9H2,1H3,(H,13,15)/t11-/m0/s1. The van der Waals surface area contributed by atoms with Crippen molar-refractivity contribution in [2.45, 2.75) is 12.5 Å². The third-order valence-electron chi connectivity index (χ3n) is 2.26. The van der Waals surface area contributed by atoms with Crippen molar-refractivity contribution in [3.8, 4) is 0 Å². The lowest BCUT2D eigenvalue weighted by Gasteiger charge is -2.15. The summed E-state index contributed by atoms with van der Waals surface area (Å²) >= 11 is 1.71. The maximum atomic E-state index is 11.7. The van der Waals surface area contributed by atoms with Gasteiger partial charge in [0.25, 0.3) is 5.91 Å². The van der Waals surface area contributed by atoms with Gasteiger partial charge in [-0.15, -0.1) is 0 Å². The van der Waals surface area contributed by atoms with Crippen molar-refractivity contribution in [1.29, 1.82) is 0 Å². The zero-order valence-corrected chi connectivity index (χ0v) is 10.2. The Kier molecular flexibility index (Phi) is 5.96. The van der Waals surface area contributed by atoms with Crippen molar-refractivity contribution >= 4 is 17.7 Å². The van der Waals surface area contributed by atoms with Gasteiger partial charge in [0.1, 0.15) is 0 Å². The molecule has 0 bridgehead atoms. The number of hydrogen-bond acceptors (Lipinski definition) is 3. The Labute approximate surface area is 100 Å². The third-order valence-corrected chi connectivity index (χ3v) is 2.91. The van der Waals surface area contributed by atoms with E-state index in [-0.39, 0.29) is 18.6 Å². The van der Waals surface area contributed by atoms with E-state index < -0.39 is 0 Å². The van der Waals surface area contributed by atoms with Crippen LogP contribution in [0.2, 0.25) is 0 Å². The molecule has 0 fully saturated rings. The van der Waals surface area contributed by atoms with Crippen LogP contribution in [-0.2, 0) is 0 Å². The van der Waals surface area contributed by atoms with E-state index in [1.807, 2.05) is 24.5 Å². The molecule has 0 aliphatic carbocycles. The molecule has 2 N–H and O–H groups in total.